The molecular weight excluding hydrogens is 216 g/mol. The maximum absolute atomic E-state index is 11.8. The molecule has 1 aromatic rings. The second-order valence-electron chi connectivity index (χ2n) is 4.76. The third kappa shape index (κ3) is 2.84. The number of nitrogens with one attached hydrogen (secondary N) is 1. The van der Waals surface area contributed by atoms with E-state index in [1.807, 2.05) is 30.3 Å². The fraction of sp³-hybridized carbons (Fsp3) is 0.462. The van der Waals surface area contributed by atoms with E-state index in [1.165, 1.54) is 0 Å². The zero-order valence-corrected chi connectivity index (χ0v) is 9.73. The molecule has 0 aromatic heterocycles. The van der Waals surface area contributed by atoms with Gasteiger partial charge in [-0.3, -0.25) is 4.79 Å². The van der Waals surface area contributed by atoms with Gasteiger partial charge in [0.1, 0.15) is 6.04 Å². The number of hydrogen-bond acceptors (Lipinski definition) is 3. The molecule has 0 bridgehead atoms. The van der Waals surface area contributed by atoms with Gasteiger partial charge in [-0.15, -0.1) is 0 Å². The fourth-order valence-electron chi connectivity index (χ4n) is 1.76. The zero-order chi connectivity index (χ0) is 12.3. The van der Waals surface area contributed by atoms with Gasteiger partial charge in [0.25, 0.3) is 0 Å². The molecule has 1 aromatic carbocycles. The Balaban J connectivity index is 1.88. The molecule has 1 aliphatic rings. The van der Waals surface area contributed by atoms with Crippen molar-refractivity contribution in [1.29, 1.82) is 0 Å². The second-order valence-corrected chi connectivity index (χ2v) is 4.76. The molecule has 4 N–H and O–H groups in total. The van der Waals surface area contributed by atoms with E-state index in [9.17, 15) is 4.79 Å². The zero-order valence-electron chi connectivity index (χ0n) is 9.73. The first-order valence-corrected chi connectivity index (χ1v) is 5.86. The highest BCUT2D eigenvalue weighted by atomic mass is 16.3. The maximum Gasteiger partial charge on any atom is 0.241 e. The summed E-state index contributed by atoms with van der Waals surface area (Å²) in [4.78, 5) is 11.8. The third-order valence-electron chi connectivity index (χ3n) is 3.37. The Labute approximate surface area is 101 Å². The normalized spacial score (nSPS) is 18.5. The Bertz CT molecular complexity index is 388. The lowest BCUT2D eigenvalue weighted by Crippen LogP contribution is -2.38. The number of hydrogen-bond donors (Lipinski definition) is 3. The first kappa shape index (κ1) is 12.1. The Morgan fingerprint density at radius 3 is 2.59 bits per heavy atom. The van der Waals surface area contributed by atoms with Gasteiger partial charge in [0.2, 0.25) is 5.91 Å². The van der Waals surface area contributed by atoms with Gasteiger partial charge < -0.3 is 16.2 Å². The summed E-state index contributed by atoms with van der Waals surface area (Å²) < 4.78 is 0. The van der Waals surface area contributed by atoms with Crippen LogP contribution in [0.3, 0.4) is 0 Å². The molecule has 0 aliphatic heterocycles. The average molecular weight is 234 g/mol. The van der Waals surface area contributed by atoms with Crippen molar-refractivity contribution in [2.24, 2.45) is 11.1 Å². The summed E-state index contributed by atoms with van der Waals surface area (Å²) in [6, 6.07) is 8.65. The molecule has 17 heavy (non-hydrogen) atoms. The minimum absolute atomic E-state index is 0.0773. The van der Waals surface area contributed by atoms with Gasteiger partial charge in [-0.2, -0.15) is 0 Å². The second kappa shape index (κ2) is 4.85. The number of aliphatic hydroxyl groups is 1. The van der Waals surface area contributed by atoms with Crippen molar-refractivity contribution in [3.8, 4) is 0 Å². The molecule has 1 atom stereocenters. The number of aliphatic hydroxyl groups excluding tert-OH is 1. The standard InChI is InChI=1S/C13H18N2O2/c14-11(10-4-2-1-3-5-10)12(17)15-8-13(9-16)6-7-13/h1-5,11,16H,6-9,14H2,(H,15,17)/t11-/m0/s1. The van der Waals surface area contributed by atoms with Gasteiger partial charge >= 0.3 is 0 Å². The highest BCUT2D eigenvalue weighted by molar-refractivity contribution is 5.82. The van der Waals surface area contributed by atoms with Gasteiger partial charge in [-0.25, -0.2) is 0 Å². The molecule has 0 heterocycles. The molecule has 1 aliphatic carbocycles. The lowest BCUT2D eigenvalue weighted by Gasteiger charge is -2.16. The summed E-state index contributed by atoms with van der Waals surface area (Å²) in [5.74, 6) is -0.184. The topological polar surface area (TPSA) is 75.4 Å². The molecule has 1 amide bonds. The molecule has 0 saturated heterocycles. The Morgan fingerprint density at radius 1 is 1.41 bits per heavy atom. The highest BCUT2D eigenvalue weighted by Gasteiger charge is 2.42. The minimum Gasteiger partial charge on any atom is -0.396 e. The quantitative estimate of drug-likeness (QED) is 0.697. The van der Waals surface area contributed by atoms with E-state index in [2.05, 4.69) is 5.32 Å². The van der Waals surface area contributed by atoms with E-state index >= 15 is 0 Å². The van der Waals surface area contributed by atoms with E-state index in [4.69, 9.17) is 10.8 Å². The molecule has 0 unspecified atom stereocenters. The van der Waals surface area contributed by atoms with Crippen LogP contribution in [0.5, 0.6) is 0 Å². The molecule has 4 nitrogen and oxygen atoms in total. The van der Waals surface area contributed by atoms with Crippen LogP contribution in [0.25, 0.3) is 0 Å². The van der Waals surface area contributed by atoms with Crippen LogP contribution in [0.15, 0.2) is 30.3 Å². The van der Waals surface area contributed by atoms with Crippen LogP contribution >= 0.6 is 0 Å². The van der Waals surface area contributed by atoms with Crippen LogP contribution in [-0.4, -0.2) is 24.2 Å². The monoisotopic (exact) mass is 234 g/mol. The third-order valence-corrected chi connectivity index (χ3v) is 3.37. The Hall–Kier alpha value is -1.39. The lowest BCUT2D eigenvalue weighted by atomic mass is 10.1. The van der Waals surface area contributed by atoms with E-state index in [0.717, 1.165) is 18.4 Å². The summed E-state index contributed by atoms with van der Waals surface area (Å²) in [7, 11) is 0. The molecule has 1 fully saturated rings. The maximum atomic E-state index is 11.8. The lowest BCUT2D eigenvalue weighted by molar-refractivity contribution is -0.122. The molecular formula is C13H18N2O2. The average Bonchev–Trinajstić information content (AvgIpc) is 3.17. The highest BCUT2D eigenvalue weighted by Crippen LogP contribution is 2.44. The SMILES string of the molecule is N[C@H](C(=O)NCC1(CO)CC1)c1ccccc1. The van der Waals surface area contributed by atoms with Crippen LogP contribution in [0.4, 0.5) is 0 Å². The van der Waals surface area contributed by atoms with Crippen molar-refractivity contribution in [2.45, 2.75) is 18.9 Å². The van der Waals surface area contributed by atoms with Crippen molar-refractivity contribution in [2.75, 3.05) is 13.2 Å². The summed E-state index contributed by atoms with van der Waals surface area (Å²) >= 11 is 0. The van der Waals surface area contributed by atoms with Gasteiger partial charge in [0.05, 0.1) is 6.61 Å². The van der Waals surface area contributed by atoms with Crippen LogP contribution in [0.2, 0.25) is 0 Å². The van der Waals surface area contributed by atoms with Crippen molar-refractivity contribution in [1.82, 2.24) is 5.32 Å². The van der Waals surface area contributed by atoms with Crippen LogP contribution < -0.4 is 11.1 Å². The van der Waals surface area contributed by atoms with Crippen LogP contribution in [-0.2, 0) is 4.79 Å². The fourth-order valence-corrected chi connectivity index (χ4v) is 1.76. The van der Waals surface area contributed by atoms with Crippen molar-refractivity contribution in [3.63, 3.8) is 0 Å². The van der Waals surface area contributed by atoms with Crippen molar-refractivity contribution >= 4 is 5.91 Å². The summed E-state index contributed by atoms with van der Waals surface area (Å²) in [6.07, 6.45) is 1.95. The summed E-state index contributed by atoms with van der Waals surface area (Å²) in [5.41, 5.74) is 6.58. The van der Waals surface area contributed by atoms with Gasteiger partial charge in [0, 0.05) is 12.0 Å². The summed E-state index contributed by atoms with van der Waals surface area (Å²) in [6.45, 7) is 0.650. The number of nitrogens with two attached hydrogens (primary N) is 1. The van der Waals surface area contributed by atoms with Gasteiger partial charge in [-0.05, 0) is 18.4 Å². The molecule has 0 radical (unpaired) electrons. The van der Waals surface area contributed by atoms with E-state index < -0.39 is 6.04 Å². The molecule has 4 heteroatoms. The van der Waals surface area contributed by atoms with Gasteiger partial charge in [0.15, 0.2) is 0 Å². The van der Waals surface area contributed by atoms with Crippen molar-refractivity contribution < 1.29 is 9.90 Å². The number of benzene rings is 1. The van der Waals surface area contributed by atoms with E-state index in [-0.39, 0.29) is 17.9 Å². The van der Waals surface area contributed by atoms with Crippen LogP contribution in [0.1, 0.15) is 24.4 Å². The largest absolute Gasteiger partial charge is 0.396 e. The Kier molecular flexibility index (Phi) is 3.45. The first-order valence-electron chi connectivity index (χ1n) is 5.86. The predicted octanol–water partition coefficient (Wildman–Crippen LogP) is 0.575. The summed E-state index contributed by atoms with van der Waals surface area (Å²) in [5, 5.41) is 12.0. The number of amides is 1. The van der Waals surface area contributed by atoms with Crippen molar-refractivity contribution in [3.05, 3.63) is 35.9 Å². The van der Waals surface area contributed by atoms with E-state index in [0.29, 0.717) is 6.54 Å². The smallest absolute Gasteiger partial charge is 0.241 e. The number of carbonyl (C=O) groups excluding carboxylic acids is 1. The molecule has 1 saturated carbocycles. The molecule has 2 rings (SSSR count). The number of carbonyl (C=O) groups is 1. The Morgan fingerprint density at radius 2 is 2.06 bits per heavy atom. The van der Waals surface area contributed by atoms with E-state index in [1.54, 1.807) is 0 Å². The van der Waals surface area contributed by atoms with Crippen LogP contribution in [0, 0.1) is 5.41 Å². The molecule has 0 spiro atoms. The van der Waals surface area contributed by atoms with Gasteiger partial charge in [-0.1, -0.05) is 30.3 Å². The number of rotatable bonds is 5. The minimum atomic E-state index is -0.634. The first-order chi connectivity index (χ1) is 8.17. The predicted molar refractivity (Wildman–Crippen MR) is 65.1 cm³/mol. The molecule has 92 valence electrons.